The molecule has 12 heteroatoms. The van der Waals surface area contributed by atoms with Gasteiger partial charge in [0.05, 0.1) is 19.2 Å². The van der Waals surface area contributed by atoms with E-state index in [-0.39, 0.29) is 12.8 Å². The van der Waals surface area contributed by atoms with Gasteiger partial charge in [-0.25, -0.2) is 14.8 Å². The number of carboxylic acids is 1. The molecule has 6 N–H and O–H groups in total. The molecule has 2 aromatic rings. The van der Waals surface area contributed by atoms with Crippen molar-refractivity contribution in [3.8, 4) is 0 Å². The fraction of sp³-hybridized carbons (Fsp3) is 0.375. The number of aliphatic carboxylic acids is 1. The summed E-state index contributed by atoms with van der Waals surface area (Å²) in [6.07, 6.45) is 5.99. The molecule has 2 heterocycles. The topological polar surface area (TPSA) is 182 Å². The van der Waals surface area contributed by atoms with Gasteiger partial charge < -0.3 is 31.0 Å². The highest BCUT2D eigenvalue weighted by Crippen LogP contribution is 2.00. The van der Waals surface area contributed by atoms with Gasteiger partial charge in [0.15, 0.2) is 0 Å². The Labute approximate surface area is 159 Å². The fourth-order valence-corrected chi connectivity index (χ4v) is 2.42. The molecule has 0 fully saturated rings. The quantitative estimate of drug-likeness (QED) is 0.273. The number of carboxylic acid groups (broad SMARTS) is 1. The lowest BCUT2D eigenvalue weighted by Crippen LogP contribution is -2.51. The van der Waals surface area contributed by atoms with Crippen LogP contribution in [0.1, 0.15) is 18.3 Å². The van der Waals surface area contributed by atoms with Crippen molar-refractivity contribution in [2.45, 2.75) is 31.8 Å². The molecule has 0 saturated heterocycles. The van der Waals surface area contributed by atoms with Crippen molar-refractivity contribution in [1.29, 1.82) is 0 Å². The van der Waals surface area contributed by atoms with Gasteiger partial charge in [0, 0.05) is 43.5 Å². The first-order valence-corrected chi connectivity index (χ1v) is 8.36. The van der Waals surface area contributed by atoms with Crippen LogP contribution in [0.25, 0.3) is 0 Å². The number of hydrogen-bond acceptors (Lipinski definition) is 6. The van der Waals surface area contributed by atoms with Crippen LogP contribution in [0.2, 0.25) is 0 Å². The zero-order valence-corrected chi connectivity index (χ0v) is 15.1. The number of aromatic amines is 2. The second kappa shape index (κ2) is 9.85. The van der Waals surface area contributed by atoms with Crippen molar-refractivity contribution in [2.24, 2.45) is 0 Å². The van der Waals surface area contributed by atoms with E-state index < -0.39 is 42.3 Å². The van der Waals surface area contributed by atoms with Gasteiger partial charge >= 0.3 is 5.97 Å². The number of H-pyrrole nitrogens is 2. The normalized spacial score (nSPS) is 12.6. The molecular weight excluding hydrogens is 370 g/mol. The molecule has 2 aromatic heterocycles. The number of carbonyl (C=O) groups is 4. The maximum absolute atomic E-state index is 12.3. The number of imidazole rings is 2. The fourth-order valence-electron chi connectivity index (χ4n) is 2.42. The Morgan fingerprint density at radius 3 is 2.04 bits per heavy atom. The van der Waals surface area contributed by atoms with E-state index in [0.717, 1.165) is 0 Å². The maximum atomic E-state index is 12.3. The van der Waals surface area contributed by atoms with Crippen molar-refractivity contribution < 1.29 is 24.3 Å². The van der Waals surface area contributed by atoms with Crippen LogP contribution in [0.15, 0.2) is 25.0 Å². The van der Waals surface area contributed by atoms with E-state index in [4.69, 9.17) is 0 Å². The second-order valence-electron chi connectivity index (χ2n) is 5.99. The minimum absolute atomic E-state index is 0.0172. The van der Waals surface area contributed by atoms with Crippen LogP contribution in [0.5, 0.6) is 0 Å². The monoisotopic (exact) mass is 391 g/mol. The van der Waals surface area contributed by atoms with Crippen molar-refractivity contribution in [3.63, 3.8) is 0 Å². The van der Waals surface area contributed by atoms with E-state index in [0.29, 0.717) is 11.4 Å². The van der Waals surface area contributed by atoms with Crippen molar-refractivity contribution in [1.82, 2.24) is 35.9 Å². The highest BCUT2D eigenvalue weighted by Gasteiger charge is 2.24. The van der Waals surface area contributed by atoms with E-state index in [9.17, 15) is 24.3 Å². The summed E-state index contributed by atoms with van der Waals surface area (Å²) in [5.74, 6) is -2.89. The summed E-state index contributed by atoms with van der Waals surface area (Å²) < 4.78 is 0. The van der Waals surface area contributed by atoms with E-state index in [1.54, 1.807) is 0 Å². The minimum atomic E-state index is -1.22. The first-order chi connectivity index (χ1) is 13.3. The summed E-state index contributed by atoms with van der Waals surface area (Å²) >= 11 is 0. The third kappa shape index (κ3) is 6.55. The zero-order chi connectivity index (χ0) is 20.5. The predicted molar refractivity (Wildman–Crippen MR) is 94.8 cm³/mol. The lowest BCUT2D eigenvalue weighted by atomic mass is 10.1. The van der Waals surface area contributed by atoms with Crippen molar-refractivity contribution in [3.05, 3.63) is 36.4 Å². The summed E-state index contributed by atoms with van der Waals surface area (Å²) in [6, 6.07) is -2.09. The van der Waals surface area contributed by atoms with E-state index in [2.05, 4.69) is 35.9 Å². The largest absolute Gasteiger partial charge is 0.480 e. The molecular formula is C16H21N7O5. The molecule has 12 nitrogen and oxygen atoms in total. The van der Waals surface area contributed by atoms with Crippen LogP contribution in [-0.4, -0.2) is 67.4 Å². The number of nitrogens with one attached hydrogen (secondary N) is 5. The maximum Gasteiger partial charge on any atom is 0.326 e. The Hall–Kier alpha value is -3.70. The van der Waals surface area contributed by atoms with Crippen molar-refractivity contribution >= 4 is 23.7 Å². The smallest absolute Gasteiger partial charge is 0.326 e. The Morgan fingerprint density at radius 1 is 1.00 bits per heavy atom. The van der Waals surface area contributed by atoms with E-state index in [1.165, 1.54) is 32.0 Å². The summed E-state index contributed by atoms with van der Waals surface area (Å²) in [4.78, 5) is 60.2. The van der Waals surface area contributed by atoms with Gasteiger partial charge in [-0.3, -0.25) is 14.4 Å². The number of aromatic nitrogens is 4. The number of hydrogen-bond donors (Lipinski definition) is 6. The average Bonchev–Trinajstić information content (AvgIpc) is 3.32. The van der Waals surface area contributed by atoms with E-state index >= 15 is 0 Å². The van der Waals surface area contributed by atoms with E-state index in [1.807, 2.05) is 0 Å². The molecule has 0 aliphatic carbocycles. The van der Waals surface area contributed by atoms with Gasteiger partial charge in [-0.15, -0.1) is 0 Å². The van der Waals surface area contributed by atoms with Crippen LogP contribution in [-0.2, 0) is 32.0 Å². The Kier molecular flexibility index (Phi) is 7.25. The average molecular weight is 391 g/mol. The molecule has 3 amide bonds. The van der Waals surface area contributed by atoms with Gasteiger partial charge in [-0.05, 0) is 0 Å². The molecule has 0 spiro atoms. The second-order valence-corrected chi connectivity index (χ2v) is 5.99. The third-order valence-corrected chi connectivity index (χ3v) is 3.71. The molecule has 28 heavy (non-hydrogen) atoms. The molecule has 2 atom stereocenters. The Bertz CT molecular complexity index is 803. The van der Waals surface area contributed by atoms with Gasteiger partial charge in [0.1, 0.15) is 12.1 Å². The lowest BCUT2D eigenvalue weighted by Gasteiger charge is -2.18. The molecule has 0 bridgehead atoms. The van der Waals surface area contributed by atoms with Crippen LogP contribution >= 0.6 is 0 Å². The highest BCUT2D eigenvalue weighted by atomic mass is 16.4. The summed E-state index contributed by atoms with van der Waals surface area (Å²) in [5, 5.41) is 16.5. The van der Waals surface area contributed by atoms with Crippen LogP contribution < -0.4 is 16.0 Å². The first kappa shape index (κ1) is 20.6. The molecule has 0 unspecified atom stereocenters. The standard InChI is InChI=1S/C16H21N7O5/c1-9(24)22-12(2-10-4-17-7-20-10)15(26)19-6-14(25)23-13(16(27)28)3-11-5-18-8-21-11/h4-5,7-8,12-13H,2-3,6H2,1H3,(H,17,20)(H,18,21)(H,19,26)(H,22,24)(H,23,25)(H,27,28)/t12-,13-/m0/s1. The molecule has 150 valence electrons. The lowest BCUT2D eigenvalue weighted by molar-refractivity contribution is -0.141. The molecule has 0 aliphatic rings. The molecule has 0 radical (unpaired) electrons. The van der Waals surface area contributed by atoms with Gasteiger partial charge in [0.2, 0.25) is 17.7 Å². The molecule has 2 rings (SSSR count). The first-order valence-electron chi connectivity index (χ1n) is 8.36. The van der Waals surface area contributed by atoms with Gasteiger partial charge in [0.25, 0.3) is 0 Å². The summed E-state index contributed by atoms with van der Waals surface area (Å²) in [6.45, 7) is 0.831. The Balaban J connectivity index is 1.88. The molecule has 0 aliphatic heterocycles. The van der Waals surface area contributed by atoms with Crippen LogP contribution in [0, 0.1) is 0 Å². The minimum Gasteiger partial charge on any atom is -0.480 e. The Morgan fingerprint density at radius 2 is 1.57 bits per heavy atom. The predicted octanol–water partition coefficient (Wildman–Crippen LogP) is -1.89. The number of amides is 3. The SMILES string of the molecule is CC(=O)N[C@@H](Cc1cnc[nH]1)C(=O)NCC(=O)N[C@@H](Cc1cnc[nH]1)C(=O)O. The van der Waals surface area contributed by atoms with Crippen LogP contribution in [0.3, 0.4) is 0 Å². The number of carbonyl (C=O) groups excluding carboxylic acids is 3. The number of nitrogens with zero attached hydrogens (tertiary/aromatic N) is 2. The van der Waals surface area contributed by atoms with Gasteiger partial charge in [-0.2, -0.15) is 0 Å². The summed E-state index contributed by atoms with van der Waals surface area (Å²) in [5.41, 5.74) is 1.17. The third-order valence-electron chi connectivity index (χ3n) is 3.71. The summed E-state index contributed by atoms with van der Waals surface area (Å²) in [7, 11) is 0. The van der Waals surface area contributed by atoms with Gasteiger partial charge in [-0.1, -0.05) is 0 Å². The number of rotatable bonds is 10. The van der Waals surface area contributed by atoms with Crippen molar-refractivity contribution in [2.75, 3.05) is 6.54 Å². The highest BCUT2D eigenvalue weighted by molar-refractivity contribution is 5.91. The van der Waals surface area contributed by atoms with Crippen LogP contribution in [0.4, 0.5) is 0 Å². The molecule has 0 aromatic carbocycles. The molecule has 0 saturated carbocycles. The zero-order valence-electron chi connectivity index (χ0n) is 15.1.